The maximum atomic E-state index is 13.5. The SMILES string of the molecule is CCCCCC(=O)N[C@@H](CCCN=C(N)N)C(=O)N1CCC[C@H]1C(=O)N[C@@H](CC(=O)O)C(=O)NC(=O)C(C)C. The minimum atomic E-state index is -1.51. The van der Waals surface area contributed by atoms with Crippen molar-refractivity contribution in [3.05, 3.63) is 0 Å². The van der Waals surface area contributed by atoms with E-state index in [1.165, 1.54) is 4.90 Å². The number of carbonyl (C=O) groups excluding carboxylic acids is 5. The lowest BCUT2D eigenvalue weighted by Gasteiger charge is -2.29. The summed E-state index contributed by atoms with van der Waals surface area (Å²) in [6.45, 7) is 5.63. The summed E-state index contributed by atoms with van der Waals surface area (Å²) in [5, 5.41) is 16.5. The molecule has 1 heterocycles. The van der Waals surface area contributed by atoms with Gasteiger partial charge in [-0.3, -0.25) is 39.1 Å². The Balaban J connectivity index is 3.00. The predicted octanol–water partition coefficient (Wildman–Crippen LogP) is -0.646. The van der Waals surface area contributed by atoms with Crippen molar-refractivity contribution in [2.75, 3.05) is 13.1 Å². The monoisotopic (exact) mass is 553 g/mol. The third-order valence-corrected chi connectivity index (χ3v) is 6.21. The van der Waals surface area contributed by atoms with Crippen LogP contribution in [0.3, 0.4) is 0 Å². The predicted molar refractivity (Wildman–Crippen MR) is 143 cm³/mol. The summed E-state index contributed by atoms with van der Waals surface area (Å²) in [5.41, 5.74) is 10.7. The topological polar surface area (TPSA) is 226 Å². The molecule has 0 aliphatic carbocycles. The summed E-state index contributed by atoms with van der Waals surface area (Å²) < 4.78 is 0. The van der Waals surface area contributed by atoms with Gasteiger partial charge in [0, 0.05) is 25.4 Å². The van der Waals surface area contributed by atoms with Gasteiger partial charge in [-0.25, -0.2) is 0 Å². The van der Waals surface area contributed by atoms with Gasteiger partial charge in [-0.15, -0.1) is 0 Å². The zero-order valence-corrected chi connectivity index (χ0v) is 23.0. The molecule has 0 unspecified atom stereocenters. The van der Waals surface area contributed by atoms with Crippen LogP contribution < -0.4 is 27.4 Å². The van der Waals surface area contributed by atoms with Gasteiger partial charge in [-0.2, -0.15) is 0 Å². The molecular formula is C25H43N7O7. The number of hydrogen-bond acceptors (Lipinski definition) is 7. The number of hydrogen-bond donors (Lipinski definition) is 6. The zero-order valence-electron chi connectivity index (χ0n) is 23.0. The molecular weight excluding hydrogens is 510 g/mol. The summed E-state index contributed by atoms with van der Waals surface area (Å²) in [4.78, 5) is 80.1. The fraction of sp³-hybridized carbons (Fsp3) is 0.720. The Morgan fingerprint density at radius 2 is 1.69 bits per heavy atom. The molecule has 0 radical (unpaired) electrons. The van der Waals surface area contributed by atoms with E-state index in [1.807, 2.05) is 6.92 Å². The van der Waals surface area contributed by atoms with E-state index in [-0.39, 0.29) is 44.2 Å². The highest BCUT2D eigenvalue weighted by atomic mass is 16.4. The van der Waals surface area contributed by atoms with Crippen molar-refractivity contribution < 1.29 is 33.9 Å². The first kappa shape index (κ1) is 33.3. The van der Waals surface area contributed by atoms with Crippen molar-refractivity contribution in [1.29, 1.82) is 0 Å². The fourth-order valence-corrected chi connectivity index (χ4v) is 4.07. The molecule has 1 aliphatic heterocycles. The van der Waals surface area contributed by atoms with Crippen LogP contribution in [0.4, 0.5) is 0 Å². The average molecular weight is 554 g/mol. The minimum absolute atomic E-state index is 0.0900. The fourth-order valence-electron chi connectivity index (χ4n) is 4.07. The third-order valence-electron chi connectivity index (χ3n) is 6.21. The van der Waals surface area contributed by atoms with Crippen molar-refractivity contribution in [2.24, 2.45) is 22.4 Å². The van der Waals surface area contributed by atoms with E-state index in [0.29, 0.717) is 19.3 Å². The largest absolute Gasteiger partial charge is 0.481 e. The first-order valence-electron chi connectivity index (χ1n) is 13.4. The van der Waals surface area contributed by atoms with Crippen LogP contribution in [0.15, 0.2) is 4.99 Å². The van der Waals surface area contributed by atoms with Crippen LogP contribution in [0, 0.1) is 5.92 Å². The second kappa shape index (κ2) is 17.0. The minimum Gasteiger partial charge on any atom is -0.481 e. The lowest BCUT2D eigenvalue weighted by atomic mass is 10.1. The maximum Gasteiger partial charge on any atom is 0.305 e. The summed E-state index contributed by atoms with van der Waals surface area (Å²) in [6, 6.07) is -3.40. The van der Waals surface area contributed by atoms with Gasteiger partial charge in [0.1, 0.15) is 18.1 Å². The van der Waals surface area contributed by atoms with Crippen molar-refractivity contribution in [3.63, 3.8) is 0 Å². The molecule has 14 heteroatoms. The van der Waals surface area contributed by atoms with E-state index in [2.05, 4.69) is 20.9 Å². The van der Waals surface area contributed by atoms with E-state index in [1.54, 1.807) is 13.8 Å². The zero-order chi connectivity index (χ0) is 29.5. The lowest BCUT2D eigenvalue weighted by Crippen LogP contribution is -2.57. The van der Waals surface area contributed by atoms with Crippen LogP contribution >= 0.6 is 0 Å². The molecule has 0 bridgehead atoms. The quantitative estimate of drug-likeness (QED) is 0.0810. The number of guanidine groups is 1. The molecule has 0 aromatic carbocycles. The molecule has 39 heavy (non-hydrogen) atoms. The van der Waals surface area contributed by atoms with Gasteiger partial charge in [0.05, 0.1) is 6.42 Å². The smallest absolute Gasteiger partial charge is 0.305 e. The number of carboxylic acids is 1. The molecule has 220 valence electrons. The van der Waals surface area contributed by atoms with Crippen LogP contribution in [-0.4, -0.2) is 82.7 Å². The van der Waals surface area contributed by atoms with Gasteiger partial charge < -0.3 is 32.1 Å². The number of nitrogens with one attached hydrogen (secondary N) is 3. The second-order valence-electron chi connectivity index (χ2n) is 9.88. The van der Waals surface area contributed by atoms with Gasteiger partial charge in [0.2, 0.25) is 29.5 Å². The van der Waals surface area contributed by atoms with Gasteiger partial charge in [-0.1, -0.05) is 33.6 Å². The molecule has 5 amide bonds. The van der Waals surface area contributed by atoms with Crippen molar-refractivity contribution in [3.8, 4) is 0 Å². The van der Waals surface area contributed by atoms with Crippen LogP contribution in [0.2, 0.25) is 0 Å². The van der Waals surface area contributed by atoms with Crippen molar-refractivity contribution >= 4 is 41.5 Å². The molecule has 0 aromatic rings. The molecule has 1 rings (SSSR count). The summed E-state index contributed by atoms with van der Waals surface area (Å²) in [7, 11) is 0. The van der Waals surface area contributed by atoms with Crippen LogP contribution in [-0.2, 0) is 28.8 Å². The molecule has 1 saturated heterocycles. The number of amides is 5. The number of carbonyl (C=O) groups is 6. The van der Waals surface area contributed by atoms with Gasteiger partial charge in [0.15, 0.2) is 5.96 Å². The Labute approximate surface area is 228 Å². The highest BCUT2D eigenvalue weighted by Crippen LogP contribution is 2.20. The lowest BCUT2D eigenvalue weighted by molar-refractivity contribution is -0.144. The first-order chi connectivity index (χ1) is 18.4. The molecule has 1 aliphatic rings. The third kappa shape index (κ3) is 12.1. The molecule has 1 fully saturated rings. The molecule has 8 N–H and O–H groups in total. The van der Waals surface area contributed by atoms with Gasteiger partial charge in [-0.05, 0) is 32.1 Å². The maximum absolute atomic E-state index is 13.5. The summed E-state index contributed by atoms with van der Waals surface area (Å²) in [6.07, 6.45) is 3.43. The van der Waals surface area contributed by atoms with Crippen LogP contribution in [0.5, 0.6) is 0 Å². The number of imide groups is 1. The highest BCUT2D eigenvalue weighted by molar-refractivity contribution is 6.02. The average Bonchev–Trinajstić information content (AvgIpc) is 3.34. The summed E-state index contributed by atoms with van der Waals surface area (Å²) >= 11 is 0. The number of likely N-dealkylation sites (tertiary alicyclic amines) is 1. The Bertz CT molecular complexity index is 918. The standard InChI is InChI=1S/C25H43N7O7/c1-4-5-6-11-19(33)29-16(9-7-12-28-25(26)27)24(39)32-13-8-10-18(32)23(38)30-17(14-20(34)35)22(37)31-21(36)15(2)3/h15-18H,4-14H2,1-3H3,(H,29,33)(H,30,38)(H,34,35)(H4,26,27,28)(H,31,36,37)/t16-,17-,18-/m0/s1. The highest BCUT2D eigenvalue weighted by Gasteiger charge is 2.39. The molecule has 0 aromatic heterocycles. The number of nitrogens with zero attached hydrogens (tertiary/aromatic N) is 2. The number of nitrogens with two attached hydrogens (primary N) is 2. The Kier molecular flexibility index (Phi) is 14.5. The Hall–Kier alpha value is -3.71. The summed E-state index contributed by atoms with van der Waals surface area (Å²) in [5.74, 6) is -4.98. The van der Waals surface area contributed by atoms with E-state index in [0.717, 1.165) is 12.8 Å². The number of aliphatic carboxylic acids is 1. The Morgan fingerprint density at radius 1 is 1.00 bits per heavy atom. The van der Waals surface area contributed by atoms with E-state index in [4.69, 9.17) is 11.5 Å². The number of aliphatic imine (C=N–C) groups is 1. The second-order valence-corrected chi connectivity index (χ2v) is 9.88. The number of unbranched alkanes of at least 4 members (excludes halogenated alkanes) is 2. The molecule has 3 atom stereocenters. The number of carboxylic acid groups (broad SMARTS) is 1. The van der Waals surface area contributed by atoms with E-state index in [9.17, 15) is 33.9 Å². The van der Waals surface area contributed by atoms with Crippen LogP contribution in [0.25, 0.3) is 0 Å². The molecule has 0 saturated carbocycles. The van der Waals surface area contributed by atoms with Crippen molar-refractivity contribution in [1.82, 2.24) is 20.9 Å². The molecule has 0 spiro atoms. The van der Waals surface area contributed by atoms with Gasteiger partial charge in [0.25, 0.3) is 0 Å². The first-order valence-corrected chi connectivity index (χ1v) is 13.4. The van der Waals surface area contributed by atoms with Gasteiger partial charge >= 0.3 is 5.97 Å². The van der Waals surface area contributed by atoms with Crippen molar-refractivity contribution in [2.45, 2.75) is 96.7 Å². The van der Waals surface area contributed by atoms with Crippen LogP contribution in [0.1, 0.15) is 78.6 Å². The van der Waals surface area contributed by atoms with E-state index >= 15 is 0 Å². The molecule has 14 nitrogen and oxygen atoms in total. The Morgan fingerprint density at radius 3 is 2.28 bits per heavy atom. The number of rotatable bonds is 16. The van der Waals surface area contributed by atoms with E-state index < -0.39 is 60.1 Å². The normalized spacial score (nSPS) is 16.2.